The van der Waals surface area contributed by atoms with Gasteiger partial charge in [-0.3, -0.25) is 24.4 Å². The average molecular weight is 729 g/mol. The molecule has 3 aromatic rings. The molecule has 8 rings (SSSR count). The summed E-state index contributed by atoms with van der Waals surface area (Å²) in [5.41, 5.74) is 5.21. The van der Waals surface area contributed by atoms with Gasteiger partial charge in [0.2, 0.25) is 0 Å². The number of rotatable bonds is 8. The lowest BCUT2D eigenvalue weighted by atomic mass is 9.71. The van der Waals surface area contributed by atoms with E-state index in [4.69, 9.17) is 23.9 Å². The molecule has 7 atom stereocenters. The van der Waals surface area contributed by atoms with E-state index in [0.717, 1.165) is 86.5 Å². The Labute approximate surface area is 313 Å². The van der Waals surface area contributed by atoms with Gasteiger partial charge in [-0.05, 0) is 79.2 Å². The van der Waals surface area contributed by atoms with Crippen LogP contribution in [-0.2, 0) is 31.1 Å². The number of methoxy groups -OCH3 is 4. The predicted molar refractivity (Wildman–Crippen MR) is 204 cm³/mol. The quantitative estimate of drug-likeness (QED) is 0.256. The van der Waals surface area contributed by atoms with Crippen LogP contribution >= 0.6 is 0 Å². The summed E-state index contributed by atoms with van der Waals surface area (Å²) in [6.45, 7) is 8.31. The third-order valence-corrected chi connectivity index (χ3v) is 13.1. The maximum atomic E-state index is 11.9. The summed E-state index contributed by atoms with van der Waals surface area (Å²) in [4.78, 5) is 37.4. The highest BCUT2D eigenvalue weighted by Gasteiger charge is 2.53. The zero-order chi connectivity index (χ0) is 37.4. The van der Waals surface area contributed by atoms with Crippen LogP contribution in [0.25, 0.3) is 10.9 Å². The van der Waals surface area contributed by atoms with Crippen molar-refractivity contribution < 1.29 is 33.6 Å². The van der Waals surface area contributed by atoms with Crippen LogP contribution in [0.5, 0.6) is 11.5 Å². The second kappa shape index (κ2) is 15.4. The van der Waals surface area contributed by atoms with E-state index < -0.39 is 5.60 Å². The zero-order valence-corrected chi connectivity index (χ0v) is 32.2. The minimum Gasteiger partial charge on any atom is -0.496 e. The Morgan fingerprint density at radius 2 is 1.43 bits per heavy atom. The largest absolute Gasteiger partial charge is 0.496 e. The van der Waals surface area contributed by atoms with Gasteiger partial charge >= 0.3 is 11.9 Å². The highest BCUT2D eigenvalue weighted by atomic mass is 16.5. The van der Waals surface area contributed by atoms with Crippen LogP contribution in [0.15, 0.2) is 41.4 Å². The fourth-order valence-electron chi connectivity index (χ4n) is 10.2. The van der Waals surface area contributed by atoms with Gasteiger partial charge < -0.3 is 29.0 Å². The molecule has 0 unspecified atom stereocenters. The molecule has 0 saturated carbocycles. The fraction of sp³-hybridized carbons (Fsp3) is 0.595. The number of piperidine rings is 3. The third kappa shape index (κ3) is 6.74. The molecule has 3 saturated heterocycles. The average Bonchev–Trinajstić information content (AvgIpc) is 3.73. The topological polar surface area (TPSA) is 126 Å². The number of esters is 2. The molecule has 6 heterocycles. The number of aromatic nitrogens is 1. The highest BCUT2D eigenvalue weighted by molar-refractivity contribution is 6.05. The van der Waals surface area contributed by atoms with Gasteiger partial charge in [0.15, 0.2) is 0 Å². The van der Waals surface area contributed by atoms with Crippen LogP contribution in [-0.4, -0.2) is 98.2 Å². The van der Waals surface area contributed by atoms with Gasteiger partial charge in [-0.25, -0.2) is 0 Å². The van der Waals surface area contributed by atoms with E-state index in [1.807, 2.05) is 30.3 Å². The molecule has 0 radical (unpaired) electrons. The van der Waals surface area contributed by atoms with E-state index in [1.54, 1.807) is 14.2 Å². The minimum absolute atomic E-state index is 0.0540. The number of fused-ring (bicyclic) bond motifs is 10. The maximum Gasteiger partial charge on any atom is 0.305 e. The van der Waals surface area contributed by atoms with Gasteiger partial charge in [-0.1, -0.05) is 38.8 Å². The van der Waals surface area contributed by atoms with E-state index in [1.165, 1.54) is 30.9 Å². The summed E-state index contributed by atoms with van der Waals surface area (Å²) in [5, 5.41) is 12.9. The number of nitrogens with zero attached hydrogens (tertiary/aromatic N) is 3. The Balaban J connectivity index is 0.000000164. The molecule has 5 aliphatic heterocycles. The van der Waals surface area contributed by atoms with Crippen LogP contribution < -0.4 is 9.47 Å². The molecule has 1 aromatic heterocycles. The van der Waals surface area contributed by atoms with Crippen molar-refractivity contribution in [3.05, 3.63) is 53.2 Å². The van der Waals surface area contributed by atoms with Gasteiger partial charge in [0.1, 0.15) is 17.1 Å². The number of hydrogen-bond acceptors (Lipinski definition) is 10. The van der Waals surface area contributed by atoms with Crippen molar-refractivity contribution >= 4 is 34.2 Å². The van der Waals surface area contributed by atoms with Crippen molar-refractivity contribution in [2.45, 2.75) is 82.9 Å². The number of hydrogen-bond donors (Lipinski definition) is 2. The molecule has 2 aromatic carbocycles. The summed E-state index contributed by atoms with van der Waals surface area (Å²) >= 11 is 0. The second-order valence-electron chi connectivity index (χ2n) is 15.5. The highest BCUT2D eigenvalue weighted by Crippen LogP contribution is 2.51. The van der Waals surface area contributed by atoms with Gasteiger partial charge in [0.05, 0.1) is 57.5 Å². The van der Waals surface area contributed by atoms with Crippen molar-refractivity contribution in [3.63, 3.8) is 0 Å². The third-order valence-electron chi connectivity index (χ3n) is 13.1. The van der Waals surface area contributed by atoms with E-state index in [2.05, 4.69) is 34.7 Å². The summed E-state index contributed by atoms with van der Waals surface area (Å²) in [6.07, 6.45) is 6.60. The number of aromatic amines is 1. The van der Waals surface area contributed by atoms with Crippen molar-refractivity contribution in [3.8, 4) is 11.5 Å². The number of benzene rings is 2. The molecule has 2 N–H and O–H groups in total. The van der Waals surface area contributed by atoms with Crippen LogP contribution in [0, 0.1) is 23.7 Å². The van der Waals surface area contributed by atoms with E-state index in [-0.39, 0.29) is 23.9 Å². The Hall–Kier alpha value is -3.93. The van der Waals surface area contributed by atoms with Crippen LogP contribution in [0.2, 0.25) is 0 Å². The molecular formula is C42H56N4O7. The molecule has 3 fully saturated rings. The first kappa shape index (κ1) is 37.4. The fourth-order valence-corrected chi connectivity index (χ4v) is 10.2. The first-order valence-corrected chi connectivity index (χ1v) is 19.5. The maximum absolute atomic E-state index is 11.9. The lowest BCUT2D eigenvalue weighted by molar-refractivity contribution is -0.144. The Kier molecular flexibility index (Phi) is 10.9. The van der Waals surface area contributed by atoms with Gasteiger partial charge in [0, 0.05) is 55.6 Å². The lowest BCUT2D eigenvalue weighted by Crippen LogP contribution is -2.60. The Morgan fingerprint density at radius 3 is 2.06 bits per heavy atom. The van der Waals surface area contributed by atoms with Gasteiger partial charge in [-0.2, -0.15) is 0 Å². The van der Waals surface area contributed by atoms with Crippen LogP contribution in [0.1, 0.15) is 81.7 Å². The van der Waals surface area contributed by atoms with E-state index in [9.17, 15) is 14.7 Å². The van der Waals surface area contributed by atoms with Crippen molar-refractivity contribution in [1.29, 1.82) is 0 Å². The van der Waals surface area contributed by atoms with E-state index in [0.29, 0.717) is 48.8 Å². The summed E-state index contributed by atoms with van der Waals surface area (Å²) in [7, 11) is 6.30. The number of carbonyl (C=O) groups excluding carboxylic acids is 2. The van der Waals surface area contributed by atoms with Crippen molar-refractivity contribution in [2.24, 2.45) is 28.7 Å². The lowest BCUT2D eigenvalue weighted by Gasteiger charge is -2.50. The molecule has 11 nitrogen and oxygen atoms in total. The normalized spacial score (nSPS) is 28.9. The first-order chi connectivity index (χ1) is 25.7. The monoisotopic (exact) mass is 728 g/mol. The summed E-state index contributed by atoms with van der Waals surface area (Å²) in [5.74, 6) is 3.05. The van der Waals surface area contributed by atoms with Crippen LogP contribution in [0.4, 0.5) is 5.69 Å². The minimum atomic E-state index is -1.07. The zero-order valence-electron chi connectivity index (χ0n) is 32.2. The molecule has 0 spiro atoms. The summed E-state index contributed by atoms with van der Waals surface area (Å²) < 4.78 is 21.0. The smallest absolute Gasteiger partial charge is 0.305 e. The predicted octanol–water partition coefficient (Wildman–Crippen LogP) is 6.34. The number of H-pyrrole nitrogens is 1. The summed E-state index contributed by atoms with van der Waals surface area (Å²) in [6, 6.07) is 12.3. The number of carbonyl (C=O) groups is 2. The molecule has 0 amide bonds. The van der Waals surface area contributed by atoms with E-state index >= 15 is 0 Å². The number of nitrogens with one attached hydrogen (secondary N) is 1. The SMILES string of the molecule is CC[C@H]1CN2CC[C@@]3(O)C(=Nc4cccc(OC)c43)[C@@H]2C[C@H]1CC(=O)OC.CC[C@H]1CN2CCc3c([nH]c4cccc(OC)c34)[C@@H]2C[C@H]1CC(=O)OC. The molecular weight excluding hydrogens is 672 g/mol. The molecule has 286 valence electrons. The molecule has 0 bridgehead atoms. The molecule has 0 aliphatic carbocycles. The van der Waals surface area contributed by atoms with Crippen molar-refractivity contribution in [2.75, 3.05) is 54.6 Å². The van der Waals surface area contributed by atoms with Crippen LogP contribution in [0.3, 0.4) is 0 Å². The van der Waals surface area contributed by atoms with Gasteiger partial charge in [-0.15, -0.1) is 0 Å². The number of aliphatic imine (C=N–C) groups is 1. The molecule has 11 heteroatoms. The standard InChI is InChI=1S/C21H28N2O4.C21H28N2O3/c1-4-13-12-23-9-8-21(25)19-15(6-5-7-17(19)26-2)22-20(21)16(23)10-14(13)11-18(24)27-3;1-4-13-12-23-9-8-15-20-16(6-5-7-18(20)25-2)22-21(15)17(23)10-14(13)11-19(24)26-3/h5-7,13-14,16,25H,4,8-12H2,1-3H3;5-7,13-14,17,22H,4,8-12H2,1-3H3/t13-,14-,16-,21-;13-,14-,17-/m00/s1. The Bertz CT molecular complexity index is 1860. The Morgan fingerprint density at radius 1 is 0.830 bits per heavy atom. The first-order valence-electron chi connectivity index (χ1n) is 19.5. The van der Waals surface area contributed by atoms with Gasteiger partial charge in [0.25, 0.3) is 0 Å². The molecule has 5 aliphatic rings. The second-order valence-corrected chi connectivity index (χ2v) is 15.5. The van der Waals surface area contributed by atoms with Crippen molar-refractivity contribution in [1.82, 2.24) is 14.8 Å². The molecule has 53 heavy (non-hydrogen) atoms. The number of aliphatic hydroxyl groups is 1. The number of ether oxygens (including phenoxy) is 4.